The number of carbonyl (C=O) groups excluding carboxylic acids is 1. The Morgan fingerprint density at radius 3 is 3.00 bits per heavy atom. The molecule has 0 saturated carbocycles. The molecule has 1 amide bonds. The average molecular weight is 231 g/mol. The minimum Gasteiger partial charge on any atom is -0.366 e. The summed E-state index contributed by atoms with van der Waals surface area (Å²) in [6, 6.07) is 7.62. The molecule has 0 radical (unpaired) electrons. The summed E-state index contributed by atoms with van der Waals surface area (Å²) in [5, 5.41) is 8.77. The number of carbonyl (C=O) groups is 1. The van der Waals surface area contributed by atoms with E-state index in [-0.39, 0.29) is 17.7 Å². The first-order valence-corrected chi connectivity index (χ1v) is 5.27. The van der Waals surface area contributed by atoms with Crippen molar-refractivity contribution in [1.29, 1.82) is 0 Å². The summed E-state index contributed by atoms with van der Waals surface area (Å²) in [5.41, 5.74) is 7.20. The van der Waals surface area contributed by atoms with Crippen molar-refractivity contribution in [3.05, 3.63) is 35.7 Å². The summed E-state index contributed by atoms with van der Waals surface area (Å²) in [4.78, 5) is 15.5. The molecule has 6 nitrogen and oxygen atoms in total. The predicted molar refractivity (Wildman–Crippen MR) is 64.6 cm³/mol. The second-order valence-corrected chi connectivity index (χ2v) is 3.55. The van der Waals surface area contributed by atoms with Crippen LogP contribution >= 0.6 is 0 Å². The van der Waals surface area contributed by atoms with E-state index < -0.39 is 0 Å². The molecule has 17 heavy (non-hydrogen) atoms. The number of nitrogens with one attached hydrogen (secondary N) is 2. The van der Waals surface area contributed by atoms with Gasteiger partial charge in [0.25, 0.3) is 5.91 Å². The van der Waals surface area contributed by atoms with Crippen LogP contribution in [0.15, 0.2) is 24.3 Å². The van der Waals surface area contributed by atoms with Gasteiger partial charge in [-0.05, 0) is 24.1 Å². The van der Waals surface area contributed by atoms with E-state index in [0.29, 0.717) is 0 Å². The maximum atomic E-state index is 11.7. The van der Waals surface area contributed by atoms with Gasteiger partial charge < -0.3 is 11.1 Å². The highest BCUT2D eigenvalue weighted by Gasteiger charge is 2.10. The molecule has 0 bridgehead atoms. The van der Waals surface area contributed by atoms with Crippen molar-refractivity contribution in [2.75, 3.05) is 11.1 Å². The van der Waals surface area contributed by atoms with Gasteiger partial charge in [-0.15, -0.1) is 5.10 Å². The van der Waals surface area contributed by atoms with E-state index in [1.165, 1.54) is 0 Å². The number of benzene rings is 1. The second kappa shape index (κ2) is 4.65. The van der Waals surface area contributed by atoms with Crippen LogP contribution < -0.4 is 11.1 Å². The highest BCUT2D eigenvalue weighted by Crippen LogP contribution is 2.11. The SMILES string of the molecule is CCc1cccc(NC(=O)c2nc(N)n[nH]2)c1. The maximum absolute atomic E-state index is 11.7. The molecule has 0 atom stereocenters. The van der Waals surface area contributed by atoms with Crippen molar-refractivity contribution in [3.63, 3.8) is 0 Å². The fourth-order valence-electron chi connectivity index (χ4n) is 1.44. The van der Waals surface area contributed by atoms with Gasteiger partial charge in [0.05, 0.1) is 0 Å². The van der Waals surface area contributed by atoms with Crippen LogP contribution in [-0.2, 0) is 6.42 Å². The van der Waals surface area contributed by atoms with Crippen LogP contribution in [0.2, 0.25) is 0 Å². The number of nitrogen functional groups attached to an aromatic ring is 1. The minimum atomic E-state index is -0.359. The summed E-state index contributed by atoms with van der Waals surface area (Å²) in [6.07, 6.45) is 0.916. The third kappa shape index (κ3) is 2.60. The van der Waals surface area contributed by atoms with Crippen LogP contribution in [0.4, 0.5) is 11.6 Å². The van der Waals surface area contributed by atoms with Crippen LogP contribution in [0, 0.1) is 0 Å². The highest BCUT2D eigenvalue weighted by molar-refractivity contribution is 6.01. The lowest BCUT2D eigenvalue weighted by Gasteiger charge is -2.04. The van der Waals surface area contributed by atoms with Gasteiger partial charge in [-0.25, -0.2) is 0 Å². The molecule has 6 heteroatoms. The van der Waals surface area contributed by atoms with Crippen molar-refractivity contribution in [2.24, 2.45) is 0 Å². The molecule has 0 aliphatic carbocycles. The number of aryl methyl sites for hydroxylation is 1. The Hall–Kier alpha value is -2.37. The van der Waals surface area contributed by atoms with Crippen LogP contribution in [0.3, 0.4) is 0 Å². The summed E-state index contributed by atoms with van der Waals surface area (Å²) >= 11 is 0. The number of hydrogen-bond acceptors (Lipinski definition) is 4. The van der Waals surface area contributed by atoms with E-state index in [1.807, 2.05) is 24.3 Å². The minimum absolute atomic E-state index is 0.0532. The zero-order valence-electron chi connectivity index (χ0n) is 9.40. The van der Waals surface area contributed by atoms with E-state index in [2.05, 4.69) is 27.4 Å². The molecule has 88 valence electrons. The first-order chi connectivity index (χ1) is 8.19. The lowest BCUT2D eigenvalue weighted by atomic mass is 10.1. The van der Waals surface area contributed by atoms with Gasteiger partial charge in [-0.2, -0.15) is 4.98 Å². The van der Waals surface area contributed by atoms with Gasteiger partial charge in [0, 0.05) is 5.69 Å². The quantitative estimate of drug-likeness (QED) is 0.739. The Balaban J connectivity index is 2.12. The predicted octanol–water partition coefficient (Wildman–Crippen LogP) is 1.20. The van der Waals surface area contributed by atoms with E-state index in [1.54, 1.807) is 0 Å². The number of aromatic amines is 1. The molecule has 0 aliphatic heterocycles. The molecule has 2 aromatic rings. The first kappa shape index (κ1) is 11.1. The number of nitrogens with zero attached hydrogens (tertiary/aromatic N) is 2. The van der Waals surface area contributed by atoms with E-state index in [4.69, 9.17) is 5.73 Å². The Bertz CT molecular complexity index is 534. The smallest absolute Gasteiger partial charge is 0.293 e. The number of H-pyrrole nitrogens is 1. The Kier molecular flexibility index (Phi) is 3.04. The van der Waals surface area contributed by atoms with Crippen LogP contribution in [0.5, 0.6) is 0 Å². The van der Waals surface area contributed by atoms with E-state index >= 15 is 0 Å². The number of nitrogens with two attached hydrogens (primary N) is 1. The first-order valence-electron chi connectivity index (χ1n) is 5.27. The summed E-state index contributed by atoms with van der Waals surface area (Å²) in [7, 11) is 0. The van der Waals surface area contributed by atoms with Crippen molar-refractivity contribution >= 4 is 17.5 Å². The van der Waals surface area contributed by atoms with Gasteiger partial charge in [0.1, 0.15) is 0 Å². The van der Waals surface area contributed by atoms with Crippen LogP contribution in [0.25, 0.3) is 0 Å². The fraction of sp³-hybridized carbons (Fsp3) is 0.182. The van der Waals surface area contributed by atoms with Crippen molar-refractivity contribution in [3.8, 4) is 0 Å². The Labute approximate surface area is 98.3 Å². The van der Waals surface area contributed by atoms with Gasteiger partial charge in [-0.1, -0.05) is 19.1 Å². The molecule has 1 aromatic carbocycles. The molecule has 2 rings (SSSR count). The topological polar surface area (TPSA) is 96.7 Å². The third-order valence-corrected chi connectivity index (χ3v) is 2.31. The largest absolute Gasteiger partial charge is 0.366 e. The van der Waals surface area contributed by atoms with Gasteiger partial charge >= 0.3 is 0 Å². The van der Waals surface area contributed by atoms with E-state index in [0.717, 1.165) is 17.7 Å². The van der Waals surface area contributed by atoms with Crippen LogP contribution in [0.1, 0.15) is 23.1 Å². The molecule has 0 aliphatic rings. The number of rotatable bonds is 3. The molecule has 1 aromatic heterocycles. The molecule has 1 heterocycles. The molecule has 0 fully saturated rings. The Morgan fingerprint density at radius 2 is 2.35 bits per heavy atom. The van der Waals surface area contributed by atoms with Crippen molar-refractivity contribution < 1.29 is 4.79 Å². The molecular formula is C11H13N5O. The van der Waals surface area contributed by atoms with Crippen molar-refractivity contribution in [2.45, 2.75) is 13.3 Å². The lowest BCUT2D eigenvalue weighted by Crippen LogP contribution is -2.13. The van der Waals surface area contributed by atoms with Gasteiger partial charge in [-0.3, -0.25) is 9.89 Å². The lowest BCUT2D eigenvalue weighted by molar-refractivity contribution is 0.101. The van der Waals surface area contributed by atoms with Crippen molar-refractivity contribution in [1.82, 2.24) is 15.2 Å². The maximum Gasteiger partial charge on any atom is 0.293 e. The molecular weight excluding hydrogens is 218 g/mol. The average Bonchev–Trinajstić information content (AvgIpc) is 2.76. The number of amides is 1. The molecule has 4 N–H and O–H groups in total. The monoisotopic (exact) mass is 231 g/mol. The summed E-state index contributed by atoms with van der Waals surface area (Å²) in [5.74, 6) is -0.204. The second-order valence-electron chi connectivity index (χ2n) is 3.55. The Morgan fingerprint density at radius 1 is 1.53 bits per heavy atom. The zero-order chi connectivity index (χ0) is 12.3. The van der Waals surface area contributed by atoms with Crippen LogP contribution in [-0.4, -0.2) is 21.1 Å². The standard InChI is InChI=1S/C11H13N5O/c1-2-7-4-3-5-8(6-7)13-10(17)9-14-11(12)16-15-9/h3-6H,2H2,1H3,(H,13,17)(H3,12,14,15,16). The van der Waals surface area contributed by atoms with E-state index in [9.17, 15) is 4.79 Å². The number of anilines is 2. The highest BCUT2D eigenvalue weighted by atomic mass is 16.2. The molecule has 0 saturated heterocycles. The summed E-state index contributed by atoms with van der Waals surface area (Å²) in [6.45, 7) is 2.05. The molecule has 0 spiro atoms. The number of hydrogen-bond donors (Lipinski definition) is 3. The molecule has 0 unspecified atom stereocenters. The number of aromatic nitrogens is 3. The summed E-state index contributed by atoms with van der Waals surface area (Å²) < 4.78 is 0. The van der Waals surface area contributed by atoms with Gasteiger partial charge in [0.15, 0.2) is 0 Å². The zero-order valence-corrected chi connectivity index (χ0v) is 9.40. The van der Waals surface area contributed by atoms with Gasteiger partial charge in [0.2, 0.25) is 11.8 Å². The fourth-order valence-corrected chi connectivity index (χ4v) is 1.44. The normalized spacial score (nSPS) is 10.2. The third-order valence-electron chi connectivity index (χ3n) is 2.31.